The third-order valence-corrected chi connectivity index (χ3v) is 3.30. The molecule has 0 aliphatic heterocycles. The molecule has 4 heteroatoms. The zero-order valence-corrected chi connectivity index (χ0v) is 12.6. The van der Waals surface area contributed by atoms with Gasteiger partial charge in [0.05, 0.1) is 13.2 Å². The molecule has 0 saturated heterocycles. The van der Waals surface area contributed by atoms with Crippen LogP contribution in [-0.2, 0) is 17.9 Å². The van der Waals surface area contributed by atoms with Gasteiger partial charge in [0.1, 0.15) is 11.3 Å². The van der Waals surface area contributed by atoms with Crippen molar-refractivity contribution in [3.63, 3.8) is 0 Å². The lowest BCUT2D eigenvalue weighted by Gasteiger charge is -2.07. The summed E-state index contributed by atoms with van der Waals surface area (Å²) < 4.78 is 11.3. The van der Waals surface area contributed by atoms with Crippen LogP contribution in [0.15, 0.2) is 16.5 Å². The minimum atomic E-state index is 0.410. The van der Waals surface area contributed by atoms with Crippen LogP contribution in [-0.4, -0.2) is 13.2 Å². The van der Waals surface area contributed by atoms with Gasteiger partial charge in [-0.1, -0.05) is 25.4 Å². The Balaban J connectivity index is 2.50. The minimum Gasteiger partial charge on any atom is -0.459 e. The van der Waals surface area contributed by atoms with Crippen LogP contribution < -0.4 is 5.32 Å². The Morgan fingerprint density at radius 2 is 2.11 bits per heavy atom. The van der Waals surface area contributed by atoms with Crippen LogP contribution in [0, 0.1) is 6.92 Å². The molecule has 0 atom stereocenters. The molecule has 0 fully saturated rings. The van der Waals surface area contributed by atoms with Gasteiger partial charge in [-0.25, -0.2) is 0 Å². The van der Waals surface area contributed by atoms with Crippen molar-refractivity contribution in [3.05, 3.63) is 34.0 Å². The lowest BCUT2D eigenvalue weighted by Crippen LogP contribution is -2.22. The van der Waals surface area contributed by atoms with Gasteiger partial charge in [0, 0.05) is 29.1 Å². The number of benzene rings is 1. The molecule has 19 heavy (non-hydrogen) atoms. The number of methoxy groups -OCH3 is 1. The van der Waals surface area contributed by atoms with Crippen molar-refractivity contribution in [3.8, 4) is 0 Å². The van der Waals surface area contributed by atoms with Crippen LogP contribution in [0.1, 0.15) is 30.7 Å². The fourth-order valence-corrected chi connectivity index (χ4v) is 2.44. The fourth-order valence-electron chi connectivity index (χ4n) is 2.17. The predicted molar refractivity (Wildman–Crippen MR) is 78.6 cm³/mol. The molecule has 0 radical (unpaired) electrons. The minimum absolute atomic E-state index is 0.410. The summed E-state index contributed by atoms with van der Waals surface area (Å²) in [6.07, 6.45) is 0. The molecule has 0 bridgehead atoms. The van der Waals surface area contributed by atoms with Gasteiger partial charge in [-0.3, -0.25) is 0 Å². The van der Waals surface area contributed by atoms with Gasteiger partial charge in [-0.2, -0.15) is 0 Å². The van der Waals surface area contributed by atoms with Crippen LogP contribution in [0.2, 0.25) is 5.02 Å². The van der Waals surface area contributed by atoms with Crippen molar-refractivity contribution < 1.29 is 9.15 Å². The Morgan fingerprint density at radius 3 is 2.74 bits per heavy atom. The molecule has 3 nitrogen and oxygen atoms in total. The maximum atomic E-state index is 6.13. The number of nitrogens with one attached hydrogen (secondary N) is 1. The van der Waals surface area contributed by atoms with Crippen molar-refractivity contribution in [1.82, 2.24) is 5.32 Å². The third-order valence-electron chi connectivity index (χ3n) is 3.09. The Hall–Kier alpha value is -1.03. The summed E-state index contributed by atoms with van der Waals surface area (Å²) in [4.78, 5) is 0. The van der Waals surface area contributed by atoms with E-state index in [1.165, 1.54) is 0 Å². The predicted octanol–water partition coefficient (Wildman–Crippen LogP) is 4.04. The normalized spacial score (nSPS) is 11.7. The molecule has 0 aliphatic rings. The summed E-state index contributed by atoms with van der Waals surface area (Å²) in [5.41, 5.74) is 3.03. The van der Waals surface area contributed by atoms with Crippen molar-refractivity contribution >= 4 is 22.6 Å². The van der Waals surface area contributed by atoms with Gasteiger partial charge in [-0.15, -0.1) is 0 Å². The van der Waals surface area contributed by atoms with Crippen molar-refractivity contribution in [1.29, 1.82) is 0 Å². The average Bonchev–Trinajstić information content (AvgIpc) is 2.66. The largest absolute Gasteiger partial charge is 0.459 e. The topological polar surface area (TPSA) is 34.4 Å². The maximum absolute atomic E-state index is 6.13. The molecule has 0 saturated carbocycles. The van der Waals surface area contributed by atoms with Crippen molar-refractivity contribution in [2.75, 3.05) is 7.11 Å². The second kappa shape index (κ2) is 5.95. The molecule has 0 spiro atoms. The first-order chi connectivity index (χ1) is 9.02. The Labute approximate surface area is 118 Å². The highest BCUT2D eigenvalue weighted by Gasteiger charge is 2.16. The number of fused-ring (bicyclic) bond motifs is 1. The molecule has 2 rings (SSSR count). The summed E-state index contributed by atoms with van der Waals surface area (Å²) in [6, 6.07) is 4.28. The number of hydrogen-bond acceptors (Lipinski definition) is 3. The van der Waals surface area contributed by atoms with Gasteiger partial charge in [0.2, 0.25) is 0 Å². The monoisotopic (exact) mass is 281 g/mol. The summed E-state index contributed by atoms with van der Waals surface area (Å²) in [5.74, 6) is 0.927. The Bertz CT molecular complexity index is 575. The molecular formula is C15H20ClNO2. The molecule has 104 valence electrons. The van der Waals surface area contributed by atoms with Gasteiger partial charge in [-0.05, 0) is 24.6 Å². The van der Waals surface area contributed by atoms with E-state index in [1.54, 1.807) is 7.11 Å². The lowest BCUT2D eigenvalue weighted by atomic mass is 10.1. The van der Waals surface area contributed by atoms with Crippen LogP contribution in [0.3, 0.4) is 0 Å². The first kappa shape index (κ1) is 14.4. The molecule has 0 amide bonds. The van der Waals surface area contributed by atoms with E-state index in [2.05, 4.69) is 19.2 Å². The first-order valence-corrected chi connectivity index (χ1v) is 6.83. The van der Waals surface area contributed by atoms with Gasteiger partial charge in [0.25, 0.3) is 0 Å². The SMILES string of the molecule is COCc1c(CNC(C)C)oc2c(C)cc(Cl)cc12. The number of hydrogen-bond donors (Lipinski definition) is 1. The second-order valence-electron chi connectivity index (χ2n) is 5.07. The number of ether oxygens (including phenoxy) is 1. The van der Waals surface area contributed by atoms with E-state index in [1.807, 2.05) is 19.1 Å². The van der Waals surface area contributed by atoms with Gasteiger partial charge >= 0.3 is 0 Å². The quantitative estimate of drug-likeness (QED) is 0.898. The summed E-state index contributed by atoms with van der Waals surface area (Å²) >= 11 is 6.13. The van der Waals surface area contributed by atoms with Crippen molar-refractivity contribution in [2.45, 2.75) is 40.0 Å². The Kier molecular flexibility index (Phi) is 4.50. The van der Waals surface area contributed by atoms with Crippen molar-refractivity contribution in [2.24, 2.45) is 0 Å². The third kappa shape index (κ3) is 3.11. The fraction of sp³-hybridized carbons (Fsp3) is 0.467. The Morgan fingerprint density at radius 1 is 1.37 bits per heavy atom. The van der Waals surface area contributed by atoms with Gasteiger partial charge in [0.15, 0.2) is 0 Å². The van der Waals surface area contributed by atoms with E-state index in [4.69, 9.17) is 20.8 Å². The van der Waals surface area contributed by atoms with Gasteiger partial charge < -0.3 is 14.5 Å². The zero-order chi connectivity index (χ0) is 14.0. The van der Waals surface area contributed by atoms with Crippen LogP contribution in [0.25, 0.3) is 11.0 Å². The van der Waals surface area contributed by atoms with Crippen LogP contribution >= 0.6 is 11.6 Å². The lowest BCUT2D eigenvalue weighted by molar-refractivity contribution is 0.183. The zero-order valence-electron chi connectivity index (χ0n) is 11.8. The number of rotatable bonds is 5. The van der Waals surface area contributed by atoms with E-state index >= 15 is 0 Å². The molecule has 1 N–H and O–H groups in total. The van der Waals surface area contributed by atoms with Crippen LogP contribution in [0.4, 0.5) is 0 Å². The van der Waals surface area contributed by atoms with E-state index in [9.17, 15) is 0 Å². The maximum Gasteiger partial charge on any atom is 0.137 e. The van der Waals surface area contributed by atoms with Crippen LogP contribution in [0.5, 0.6) is 0 Å². The number of halogens is 1. The van der Waals surface area contributed by atoms with E-state index in [-0.39, 0.29) is 0 Å². The second-order valence-corrected chi connectivity index (χ2v) is 5.51. The standard InChI is InChI=1S/C15H20ClNO2/c1-9(2)17-7-14-13(8-18-4)12-6-11(16)5-10(3)15(12)19-14/h5-6,9,17H,7-8H2,1-4H3. The van der Waals surface area contributed by atoms with E-state index in [0.717, 1.165) is 32.9 Å². The molecule has 2 aromatic rings. The highest BCUT2D eigenvalue weighted by atomic mass is 35.5. The molecule has 0 unspecified atom stereocenters. The first-order valence-electron chi connectivity index (χ1n) is 6.45. The molecule has 0 aliphatic carbocycles. The van der Waals surface area contributed by atoms with E-state index in [0.29, 0.717) is 19.2 Å². The summed E-state index contributed by atoms with van der Waals surface area (Å²) in [5, 5.41) is 5.15. The molecular weight excluding hydrogens is 262 g/mol. The highest BCUT2D eigenvalue weighted by molar-refractivity contribution is 6.31. The number of furan rings is 1. The average molecular weight is 282 g/mol. The molecule has 1 aromatic carbocycles. The molecule has 1 heterocycles. The van der Waals surface area contributed by atoms with E-state index < -0.39 is 0 Å². The highest BCUT2D eigenvalue weighted by Crippen LogP contribution is 2.31. The number of aryl methyl sites for hydroxylation is 1. The molecule has 1 aromatic heterocycles. The summed E-state index contributed by atoms with van der Waals surface area (Å²) in [6.45, 7) is 7.46. The summed E-state index contributed by atoms with van der Waals surface area (Å²) in [7, 11) is 1.69. The smallest absolute Gasteiger partial charge is 0.137 e.